The van der Waals surface area contributed by atoms with Gasteiger partial charge in [-0.2, -0.15) is 0 Å². The Bertz CT molecular complexity index is 547. The summed E-state index contributed by atoms with van der Waals surface area (Å²) in [6, 6.07) is 7.29. The van der Waals surface area contributed by atoms with Gasteiger partial charge in [0, 0.05) is 10.4 Å². The molecule has 0 saturated carbocycles. The molecule has 0 radical (unpaired) electrons. The van der Waals surface area contributed by atoms with Crippen LogP contribution >= 0.6 is 11.6 Å². The molecule has 1 atom stereocenters. The summed E-state index contributed by atoms with van der Waals surface area (Å²) >= 11 is 5.93. The van der Waals surface area contributed by atoms with E-state index in [9.17, 15) is 5.11 Å². The second kappa shape index (κ2) is 3.76. The summed E-state index contributed by atoms with van der Waals surface area (Å²) in [4.78, 5) is 0. The van der Waals surface area contributed by atoms with Gasteiger partial charge in [0.1, 0.15) is 16.9 Å². The lowest BCUT2D eigenvalue weighted by Gasteiger charge is -2.35. The first kappa shape index (κ1) is 12.5. The van der Waals surface area contributed by atoms with E-state index in [0.29, 0.717) is 10.8 Å². The molecule has 0 amide bonds. The number of fused-ring (bicyclic) bond motifs is 1. The zero-order valence-electron chi connectivity index (χ0n) is 10.5. The zero-order chi connectivity index (χ0) is 12.8. The van der Waals surface area contributed by atoms with Crippen molar-refractivity contribution in [3.63, 3.8) is 0 Å². The van der Waals surface area contributed by atoms with Crippen LogP contribution in [0.15, 0.2) is 28.7 Å². The molecule has 0 saturated heterocycles. The standard InChI is InChI=1S/C14H17ClO2/c1-13(2,3)14(4,16)12-8-9-7-10(15)5-6-11(9)17-12/h5-8,16H,1-4H3. The second-order valence-electron chi connectivity index (χ2n) is 5.62. The molecule has 1 unspecified atom stereocenters. The molecule has 17 heavy (non-hydrogen) atoms. The molecule has 0 aliphatic heterocycles. The van der Waals surface area contributed by atoms with Gasteiger partial charge in [-0.05, 0) is 36.6 Å². The molecule has 0 fully saturated rings. The zero-order valence-corrected chi connectivity index (χ0v) is 11.3. The van der Waals surface area contributed by atoms with Gasteiger partial charge >= 0.3 is 0 Å². The van der Waals surface area contributed by atoms with Crippen LogP contribution in [-0.4, -0.2) is 5.11 Å². The lowest BCUT2D eigenvalue weighted by Crippen LogP contribution is -2.36. The van der Waals surface area contributed by atoms with Gasteiger partial charge in [-0.15, -0.1) is 0 Å². The van der Waals surface area contributed by atoms with E-state index in [1.807, 2.05) is 39.0 Å². The van der Waals surface area contributed by atoms with Crippen molar-refractivity contribution in [3.8, 4) is 0 Å². The molecular weight excluding hydrogens is 236 g/mol. The molecule has 1 heterocycles. The van der Waals surface area contributed by atoms with Gasteiger partial charge in [-0.3, -0.25) is 0 Å². The van der Waals surface area contributed by atoms with E-state index in [4.69, 9.17) is 16.0 Å². The van der Waals surface area contributed by atoms with Gasteiger partial charge in [0.25, 0.3) is 0 Å². The molecule has 92 valence electrons. The molecule has 2 nitrogen and oxygen atoms in total. The highest BCUT2D eigenvalue weighted by Gasteiger charge is 2.39. The largest absolute Gasteiger partial charge is 0.458 e. The quantitative estimate of drug-likeness (QED) is 0.819. The summed E-state index contributed by atoms with van der Waals surface area (Å²) in [5.74, 6) is 0.572. The first-order chi connectivity index (χ1) is 7.72. The first-order valence-corrected chi connectivity index (χ1v) is 6.01. The van der Waals surface area contributed by atoms with E-state index >= 15 is 0 Å². The predicted octanol–water partition coefficient (Wildman–Crippen LogP) is 4.34. The highest BCUT2D eigenvalue weighted by atomic mass is 35.5. The molecular formula is C14H17ClO2. The van der Waals surface area contributed by atoms with E-state index in [2.05, 4.69) is 0 Å². The Kier molecular flexibility index (Phi) is 2.75. The molecule has 2 rings (SSSR count). The summed E-state index contributed by atoms with van der Waals surface area (Å²) < 4.78 is 5.71. The van der Waals surface area contributed by atoms with Crippen LogP contribution < -0.4 is 0 Å². The maximum Gasteiger partial charge on any atom is 0.137 e. The monoisotopic (exact) mass is 252 g/mol. The summed E-state index contributed by atoms with van der Waals surface area (Å²) in [7, 11) is 0. The fourth-order valence-corrected chi connectivity index (χ4v) is 1.80. The van der Waals surface area contributed by atoms with E-state index in [-0.39, 0.29) is 5.41 Å². The van der Waals surface area contributed by atoms with Gasteiger partial charge in [0.2, 0.25) is 0 Å². The maximum absolute atomic E-state index is 10.6. The summed E-state index contributed by atoms with van der Waals surface area (Å²) in [5, 5.41) is 12.1. The molecule has 3 heteroatoms. The van der Waals surface area contributed by atoms with Crippen LogP contribution in [0.4, 0.5) is 0 Å². The van der Waals surface area contributed by atoms with E-state index in [0.717, 1.165) is 11.0 Å². The fourth-order valence-electron chi connectivity index (χ4n) is 1.62. The molecule has 0 aliphatic carbocycles. The average Bonchev–Trinajstić information content (AvgIpc) is 2.58. The van der Waals surface area contributed by atoms with Crippen molar-refractivity contribution < 1.29 is 9.52 Å². The van der Waals surface area contributed by atoms with Crippen LogP contribution in [0.3, 0.4) is 0 Å². The summed E-state index contributed by atoms with van der Waals surface area (Å²) in [6.07, 6.45) is 0. The van der Waals surface area contributed by atoms with Crippen molar-refractivity contribution in [3.05, 3.63) is 35.0 Å². The fraction of sp³-hybridized carbons (Fsp3) is 0.429. The smallest absolute Gasteiger partial charge is 0.137 e. The third kappa shape index (κ3) is 2.07. The van der Waals surface area contributed by atoms with Crippen LogP contribution in [0.5, 0.6) is 0 Å². The van der Waals surface area contributed by atoms with Crippen LogP contribution in [0.2, 0.25) is 5.02 Å². The normalized spacial score (nSPS) is 16.1. The van der Waals surface area contributed by atoms with E-state index in [1.165, 1.54) is 0 Å². The van der Waals surface area contributed by atoms with E-state index in [1.54, 1.807) is 13.0 Å². The lowest BCUT2D eigenvalue weighted by molar-refractivity contribution is -0.0627. The van der Waals surface area contributed by atoms with Gasteiger partial charge < -0.3 is 9.52 Å². The van der Waals surface area contributed by atoms with Crippen molar-refractivity contribution in [2.75, 3.05) is 0 Å². The predicted molar refractivity (Wildman–Crippen MR) is 70.2 cm³/mol. The molecule has 1 N–H and O–H groups in total. The van der Waals surface area contributed by atoms with Crippen molar-refractivity contribution in [1.29, 1.82) is 0 Å². The Morgan fingerprint density at radius 3 is 2.35 bits per heavy atom. The van der Waals surface area contributed by atoms with Gasteiger partial charge in [-0.1, -0.05) is 32.4 Å². The molecule has 1 aromatic heterocycles. The Morgan fingerprint density at radius 1 is 1.12 bits per heavy atom. The maximum atomic E-state index is 10.6. The highest BCUT2D eigenvalue weighted by Crippen LogP contribution is 2.41. The third-order valence-electron chi connectivity index (χ3n) is 3.42. The molecule has 0 aliphatic rings. The molecule has 0 bridgehead atoms. The number of halogens is 1. The van der Waals surface area contributed by atoms with Crippen LogP contribution in [-0.2, 0) is 5.60 Å². The summed E-state index contributed by atoms with van der Waals surface area (Å²) in [6.45, 7) is 7.71. The Labute approximate surface area is 106 Å². The minimum Gasteiger partial charge on any atom is -0.458 e. The topological polar surface area (TPSA) is 33.4 Å². The van der Waals surface area contributed by atoms with Crippen molar-refractivity contribution in [2.45, 2.75) is 33.3 Å². The lowest BCUT2D eigenvalue weighted by atomic mass is 9.76. The minimum atomic E-state index is -1.02. The van der Waals surface area contributed by atoms with E-state index < -0.39 is 5.60 Å². The van der Waals surface area contributed by atoms with Crippen LogP contribution in [0, 0.1) is 5.41 Å². The second-order valence-corrected chi connectivity index (χ2v) is 6.05. The summed E-state index contributed by atoms with van der Waals surface area (Å²) in [5.41, 5.74) is -0.572. The number of hydrogen-bond donors (Lipinski definition) is 1. The minimum absolute atomic E-state index is 0.301. The Hall–Kier alpha value is -0.990. The van der Waals surface area contributed by atoms with Crippen LogP contribution in [0.25, 0.3) is 11.0 Å². The number of benzene rings is 1. The molecule has 1 aromatic carbocycles. The van der Waals surface area contributed by atoms with Gasteiger partial charge in [-0.25, -0.2) is 0 Å². The average molecular weight is 253 g/mol. The van der Waals surface area contributed by atoms with Crippen molar-refractivity contribution >= 4 is 22.6 Å². The Balaban J connectivity index is 2.57. The van der Waals surface area contributed by atoms with Crippen molar-refractivity contribution in [2.24, 2.45) is 5.41 Å². The number of furan rings is 1. The van der Waals surface area contributed by atoms with Crippen molar-refractivity contribution in [1.82, 2.24) is 0 Å². The van der Waals surface area contributed by atoms with Gasteiger partial charge in [0.15, 0.2) is 0 Å². The number of hydrogen-bond acceptors (Lipinski definition) is 2. The number of rotatable bonds is 1. The number of aliphatic hydroxyl groups is 1. The first-order valence-electron chi connectivity index (χ1n) is 5.64. The molecule has 0 spiro atoms. The van der Waals surface area contributed by atoms with Crippen LogP contribution in [0.1, 0.15) is 33.5 Å². The Morgan fingerprint density at radius 2 is 1.76 bits per heavy atom. The third-order valence-corrected chi connectivity index (χ3v) is 3.65. The highest BCUT2D eigenvalue weighted by molar-refractivity contribution is 6.31. The van der Waals surface area contributed by atoms with Gasteiger partial charge in [0.05, 0.1) is 0 Å². The SMILES string of the molecule is CC(C)(C)C(C)(O)c1cc2cc(Cl)ccc2o1. The molecule has 2 aromatic rings.